The summed E-state index contributed by atoms with van der Waals surface area (Å²) < 4.78 is 3.44. The van der Waals surface area contributed by atoms with E-state index in [1.54, 1.807) is 4.68 Å². The summed E-state index contributed by atoms with van der Waals surface area (Å²) >= 11 is 0. The van der Waals surface area contributed by atoms with Crippen molar-refractivity contribution in [2.45, 2.75) is 53.1 Å². The number of aromatic amines is 1. The maximum absolute atomic E-state index is 13.0. The number of H-pyrrole nitrogens is 1. The molecule has 1 unspecified atom stereocenters. The molecule has 0 spiro atoms. The molecule has 0 aliphatic heterocycles. The van der Waals surface area contributed by atoms with Crippen molar-refractivity contribution < 1.29 is 0 Å². The Kier molecular flexibility index (Phi) is 6.30. The monoisotopic (exact) mass is 431 g/mol. The van der Waals surface area contributed by atoms with Crippen LogP contribution in [0.2, 0.25) is 0 Å². The van der Waals surface area contributed by atoms with Crippen molar-refractivity contribution in [2.24, 2.45) is 5.92 Å². The first kappa shape index (κ1) is 21.7. The van der Waals surface area contributed by atoms with Crippen molar-refractivity contribution >= 4 is 0 Å². The molecule has 32 heavy (non-hydrogen) atoms. The lowest BCUT2D eigenvalue weighted by Gasteiger charge is -2.11. The molecule has 0 amide bonds. The Morgan fingerprint density at radius 2 is 1.75 bits per heavy atom. The molecule has 0 fully saturated rings. The maximum atomic E-state index is 13.0. The molecule has 0 aliphatic carbocycles. The van der Waals surface area contributed by atoms with Gasteiger partial charge in [-0.05, 0) is 45.5 Å². The van der Waals surface area contributed by atoms with Crippen LogP contribution in [-0.2, 0) is 13.1 Å². The third-order valence-electron chi connectivity index (χ3n) is 5.65. The molecule has 0 radical (unpaired) electrons. The van der Waals surface area contributed by atoms with Crippen LogP contribution in [0, 0.1) is 5.92 Å². The quantitative estimate of drug-likeness (QED) is 0.453. The van der Waals surface area contributed by atoms with Crippen molar-refractivity contribution in [1.29, 1.82) is 0 Å². The van der Waals surface area contributed by atoms with Gasteiger partial charge in [-0.15, -0.1) is 5.10 Å². The van der Waals surface area contributed by atoms with E-state index < -0.39 is 0 Å². The van der Waals surface area contributed by atoms with Crippen LogP contribution in [0.15, 0.2) is 53.3 Å². The average Bonchev–Trinajstić information content (AvgIpc) is 3.44. The number of nitrogens with zero attached hydrogens (tertiary/aromatic N) is 6. The third kappa shape index (κ3) is 4.54. The Hall–Kier alpha value is -3.55. The fourth-order valence-corrected chi connectivity index (χ4v) is 3.73. The van der Waals surface area contributed by atoms with Gasteiger partial charge < -0.3 is 0 Å². The van der Waals surface area contributed by atoms with E-state index in [9.17, 15) is 4.79 Å². The number of tetrazole rings is 1. The summed E-state index contributed by atoms with van der Waals surface area (Å²) in [5, 5.41) is 18.7. The van der Waals surface area contributed by atoms with Gasteiger partial charge in [-0.3, -0.25) is 4.57 Å². The SMILES string of the molecule is CCC(C)c1nn(CC(C)C)c(=O)n1Cc1ccc(-c2cccc(-c3nnn[nH]3)c2)cc1. The predicted octanol–water partition coefficient (Wildman–Crippen LogP) is 4.11. The van der Waals surface area contributed by atoms with Gasteiger partial charge in [-0.1, -0.05) is 70.2 Å². The lowest BCUT2D eigenvalue weighted by molar-refractivity contribution is 0.464. The van der Waals surface area contributed by atoms with Crippen LogP contribution in [0.25, 0.3) is 22.5 Å². The van der Waals surface area contributed by atoms with Crippen molar-refractivity contribution in [3.8, 4) is 22.5 Å². The molecule has 1 N–H and O–H groups in total. The summed E-state index contributed by atoms with van der Waals surface area (Å²) in [6.45, 7) is 9.59. The second-order valence-corrected chi connectivity index (χ2v) is 8.64. The van der Waals surface area contributed by atoms with Crippen molar-refractivity contribution in [3.05, 3.63) is 70.4 Å². The van der Waals surface area contributed by atoms with Gasteiger partial charge in [0.25, 0.3) is 0 Å². The first-order chi connectivity index (χ1) is 15.5. The zero-order valence-electron chi connectivity index (χ0n) is 19.0. The molecule has 1 atom stereocenters. The highest BCUT2D eigenvalue weighted by molar-refractivity contribution is 5.70. The molecule has 8 nitrogen and oxygen atoms in total. The number of hydrogen-bond acceptors (Lipinski definition) is 5. The third-order valence-corrected chi connectivity index (χ3v) is 5.65. The minimum Gasteiger partial charge on any atom is -0.274 e. The van der Waals surface area contributed by atoms with Crippen LogP contribution in [0.4, 0.5) is 0 Å². The molecule has 8 heteroatoms. The Bertz CT molecular complexity index is 1220. The summed E-state index contributed by atoms with van der Waals surface area (Å²) in [4.78, 5) is 13.0. The summed E-state index contributed by atoms with van der Waals surface area (Å²) in [7, 11) is 0. The van der Waals surface area contributed by atoms with E-state index in [2.05, 4.69) is 89.8 Å². The molecular formula is C24H29N7O. The molecule has 4 aromatic rings. The van der Waals surface area contributed by atoms with E-state index in [-0.39, 0.29) is 11.6 Å². The Labute approximate surface area is 187 Å². The number of aromatic nitrogens is 7. The van der Waals surface area contributed by atoms with Crippen molar-refractivity contribution in [3.63, 3.8) is 0 Å². The lowest BCUT2D eigenvalue weighted by atomic mass is 10.0. The van der Waals surface area contributed by atoms with Gasteiger partial charge in [0.05, 0.1) is 6.54 Å². The van der Waals surface area contributed by atoms with Crippen LogP contribution < -0.4 is 5.69 Å². The van der Waals surface area contributed by atoms with E-state index in [0.717, 1.165) is 34.5 Å². The predicted molar refractivity (Wildman–Crippen MR) is 124 cm³/mol. The molecule has 4 rings (SSSR count). The molecule has 2 heterocycles. The minimum absolute atomic E-state index is 0.0357. The van der Waals surface area contributed by atoms with Crippen molar-refractivity contribution in [2.75, 3.05) is 0 Å². The molecule has 0 aliphatic rings. The highest BCUT2D eigenvalue weighted by Gasteiger charge is 2.18. The highest BCUT2D eigenvalue weighted by atomic mass is 16.2. The molecule has 2 aromatic carbocycles. The number of nitrogens with one attached hydrogen (secondary N) is 1. The Balaban J connectivity index is 1.60. The maximum Gasteiger partial charge on any atom is 0.346 e. The van der Waals surface area contributed by atoms with E-state index in [1.165, 1.54) is 0 Å². The van der Waals surface area contributed by atoms with E-state index in [0.29, 0.717) is 24.8 Å². The molecule has 166 valence electrons. The largest absolute Gasteiger partial charge is 0.346 e. The summed E-state index contributed by atoms with van der Waals surface area (Å²) in [6, 6.07) is 16.4. The standard InChI is InChI=1S/C24H29N7O/c1-5-17(4)23-27-31(14-16(2)3)24(32)30(23)15-18-9-11-19(12-10-18)20-7-6-8-21(13-20)22-25-28-29-26-22/h6-13,16-17H,5,14-15H2,1-4H3,(H,25,26,28,29). The average molecular weight is 432 g/mol. The Morgan fingerprint density at radius 1 is 1.00 bits per heavy atom. The first-order valence-corrected chi connectivity index (χ1v) is 11.1. The first-order valence-electron chi connectivity index (χ1n) is 11.1. The van der Waals surface area contributed by atoms with E-state index in [1.807, 2.05) is 16.7 Å². The van der Waals surface area contributed by atoms with Gasteiger partial charge in [0.1, 0.15) is 5.82 Å². The van der Waals surface area contributed by atoms with Gasteiger partial charge in [-0.2, -0.15) is 5.10 Å². The summed E-state index contributed by atoms with van der Waals surface area (Å²) in [5.41, 5.74) is 4.13. The molecule has 2 aromatic heterocycles. The number of hydrogen-bond donors (Lipinski definition) is 1. The van der Waals surface area contributed by atoms with E-state index in [4.69, 9.17) is 0 Å². The fraction of sp³-hybridized carbons (Fsp3) is 0.375. The highest BCUT2D eigenvalue weighted by Crippen LogP contribution is 2.25. The van der Waals surface area contributed by atoms with E-state index >= 15 is 0 Å². The zero-order valence-corrected chi connectivity index (χ0v) is 19.0. The topological polar surface area (TPSA) is 94.3 Å². The van der Waals surface area contributed by atoms with Crippen LogP contribution >= 0.6 is 0 Å². The molecular weight excluding hydrogens is 402 g/mol. The summed E-state index contributed by atoms with van der Waals surface area (Å²) in [6.07, 6.45) is 0.939. The van der Waals surface area contributed by atoms with Crippen molar-refractivity contribution in [1.82, 2.24) is 35.0 Å². The smallest absolute Gasteiger partial charge is 0.274 e. The second kappa shape index (κ2) is 9.30. The zero-order chi connectivity index (χ0) is 22.7. The molecule has 0 bridgehead atoms. The second-order valence-electron chi connectivity index (χ2n) is 8.64. The normalized spacial score (nSPS) is 12.4. The number of rotatable bonds is 8. The van der Waals surface area contributed by atoms with Gasteiger partial charge >= 0.3 is 5.69 Å². The van der Waals surface area contributed by atoms with Crippen LogP contribution in [0.1, 0.15) is 51.4 Å². The van der Waals surface area contributed by atoms with Crippen LogP contribution in [-0.4, -0.2) is 35.0 Å². The fourth-order valence-electron chi connectivity index (χ4n) is 3.73. The van der Waals surface area contributed by atoms with Crippen LogP contribution in [0.5, 0.6) is 0 Å². The van der Waals surface area contributed by atoms with Gasteiger partial charge in [0.2, 0.25) is 0 Å². The molecule has 0 saturated heterocycles. The van der Waals surface area contributed by atoms with Gasteiger partial charge in [-0.25, -0.2) is 14.6 Å². The minimum atomic E-state index is -0.0357. The van der Waals surface area contributed by atoms with Gasteiger partial charge in [0, 0.05) is 18.0 Å². The summed E-state index contributed by atoms with van der Waals surface area (Å²) in [5.74, 6) is 2.08. The number of benzene rings is 2. The Morgan fingerprint density at radius 3 is 2.41 bits per heavy atom. The van der Waals surface area contributed by atoms with Gasteiger partial charge in [0.15, 0.2) is 5.82 Å². The molecule has 0 saturated carbocycles. The van der Waals surface area contributed by atoms with Crippen LogP contribution in [0.3, 0.4) is 0 Å². The lowest BCUT2D eigenvalue weighted by Crippen LogP contribution is -2.27.